The van der Waals surface area contributed by atoms with Gasteiger partial charge in [0, 0.05) is 5.69 Å². The number of carbonyl (C=O) groups excluding carboxylic acids is 2. The third-order valence-corrected chi connectivity index (χ3v) is 3.21. The van der Waals surface area contributed by atoms with E-state index in [-0.39, 0.29) is 11.7 Å². The fourth-order valence-electron chi connectivity index (χ4n) is 1.79. The molecule has 17 heavy (non-hydrogen) atoms. The van der Waals surface area contributed by atoms with E-state index >= 15 is 0 Å². The number of ether oxygens (including phenoxy) is 1. The van der Waals surface area contributed by atoms with E-state index in [4.69, 9.17) is 4.74 Å². The number of methoxy groups -OCH3 is 1. The fourth-order valence-corrected chi connectivity index (χ4v) is 1.79. The number of carbonyl (C=O) groups is 2. The lowest BCUT2D eigenvalue weighted by molar-refractivity contribution is -0.131. The van der Waals surface area contributed by atoms with Crippen LogP contribution in [0.2, 0.25) is 0 Å². The van der Waals surface area contributed by atoms with Gasteiger partial charge < -0.3 is 10.1 Å². The van der Waals surface area contributed by atoms with Crippen LogP contribution >= 0.6 is 0 Å². The largest absolute Gasteiger partial charge is 0.497 e. The zero-order valence-corrected chi connectivity index (χ0v) is 9.95. The van der Waals surface area contributed by atoms with Crippen LogP contribution in [0.5, 0.6) is 5.75 Å². The Morgan fingerprint density at radius 3 is 2.24 bits per heavy atom. The summed E-state index contributed by atoms with van der Waals surface area (Å²) in [4.78, 5) is 23.3. The molecular formula is C13H15NO3. The van der Waals surface area contributed by atoms with E-state index in [1.165, 1.54) is 6.92 Å². The maximum atomic E-state index is 11.9. The van der Waals surface area contributed by atoms with Gasteiger partial charge in [-0.2, -0.15) is 0 Å². The van der Waals surface area contributed by atoms with Crippen LogP contribution in [-0.4, -0.2) is 18.8 Å². The number of benzene rings is 1. The van der Waals surface area contributed by atoms with Crippen LogP contribution in [0.3, 0.4) is 0 Å². The first-order chi connectivity index (χ1) is 8.08. The molecule has 0 atom stereocenters. The van der Waals surface area contributed by atoms with E-state index in [1.807, 2.05) is 0 Å². The van der Waals surface area contributed by atoms with Crippen LogP contribution < -0.4 is 10.1 Å². The Morgan fingerprint density at radius 1 is 1.24 bits per heavy atom. The molecule has 1 saturated carbocycles. The first-order valence-corrected chi connectivity index (χ1v) is 5.55. The SMILES string of the molecule is COc1ccc(NC(=O)C2(C(C)=O)CC2)cc1. The topological polar surface area (TPSA) is 55.4 Å². The van der Waals surface area contributed by atoms with Crippen molar-refractivity contribution in [1.29, 1.82) is 0 Å². The van der Waals surface area contributed by atoms with Gasteiger partial charge in [0.25, 0.3) is 0 Å². The third-order valence-electron chi connectivity index (χ3n) is 3.21. The molecule has 0 saturated heterocycles. The lowest BCUT2D eigenvalue weighted by atomic mass is 10.0. The molecule has 4 heteroatoms. The Kier molecular flexibility index (Phi) is 2.88. The van der Waals surface area contributed by atoms with Crippen LogP contribution in [0, 0.1) is 5.41 Å². The van der Waals surface area contributed by atoms with Crippen molar-refractivity contribution in [2.45, 2.75) is 19.8 Å². The number of rotatable bonds is 4. The summed E-state index contributed by atoms with van der Waals surface area (Å²) >= 11 is 0. The van der Waals surface area contributed by atoms with Crippen LogP contribution in [0.1, 0.15) is 19.8 Å². The van der Waals surface area contributed by atoms with Crippen molar-refractivity contribution in [3.8, 4) is 5.75 Å². The molecule has 1 aliphatic carbocycles. The molecule has 90 valence electrons. The van der Waals surface area contributed by atoms with E-state index in [9.17, 15) is 9.59 Å². The minimum atomic E-state index is -0.764. The zero-order chi connectivity index (χ0) is 12.5. The van der Waals surface area contributed by atoms with Crippen molar-refractivity contribution in [2.75, 3.05) is 12.4 Å². The summed E-state index contributed by atoms with van der Waals surface area (Å²) in [7, 11) is 1.59. The molecule has 1 aliphatic rings. The molecule has 0 heterocycles. The lowest BCUT2D eigenvalue weighted by Gasteiger charge is -2.12. The summed E-state index contributed by atoms with van der Waals surface area (Å²) in [6.07, 6.45) is 1.31. The van der Waals surface area contributed by atoms with Crippen LogP contribution in [-0.2, 0) is 9.59 Å². The van der Waals surface area contributed by atoms with Crippen LogP contribution in [0.25, 0.3) is 0 Å². The molecule has 4 nitrogen and oxygen atoms in total. The highest BCUT2D eigenvalue weighted by Gasteiger charge is 2.54. The summed E-state index contributed by atoms with van der Waals surface area (Å²) in [5.41, 5.74) is -0.0803. The summed E-state index contributed by atoms with van der Waals surface area (Å²) in [5, 5.41) is 2.76. The maximum Gasteiger partial charge on any atom is 0.238 e. The number of nitrogens with one attached hydrogen (secondary N) is 1. The van der Waals surface area contributed by atoms with Crippen molar-refractivity contribution in [3.05, 3.63) is 24.3 Å². The standard InChI is InChI=1S/C13H15NO3/c1-9(15)13(7-8-13)12(16)14-10-3-5-11(17-2)6-4-10/h3-6H,7-8H2,1-2H3,(H,14,16). The second-order valence-corrected chi connectivity index (χ2v) is 4.32. The van der Waals surface area contributed by atoms with Gasteiger partial charge in [-0.05, 0) is 44.0 Å². The molecule has 0 bridgehead atoms. The first-order valence-electron chi connectivity index (χ1n) is 5.55. The van der Waals surface area contributed by atoms with Gasteiger partial charge >= 0.3 is 0 Å². The highest BCUT2D eigenvalue weighted by atomic mass is 16.5. The predicted octanol–water partition coefficient (Wildman–Crippen LogP) is 2.00. The van der Waals surface area contributed by atoms with Gasteiger partial charge in [-0.1, -0.05) is 0 Å². The molecule has 0 aliphatic heterocycles. The van der Waals surface area contributed by atoms with E-state index in [1.54, 1.807) is 31.4 Å². The van der Waals surface area contributed by atoms with Crippen LogP contribution in [0.4, 0.5) is 5.69 Å². The minimum Gasteiger partial charge on any atom is -0.497 e. The molecule has 0 radical (unpaired) electrons. The third kappa shape index (κ3) is 2.16. The molecular weight excluding hydrogens is 218 g/mol. The minimum absolute atomic E-state index is 0.0523. The summed E-state index contributed by atoms with van der Waals surface area (Å²) in [6, 6.07) is 7.05. The molecule has 1 amide bonds. The Labute approximate surface area is 100.0 Å². The summed E-state index contributed by atoms with van der Waals surface area (Å²) in [6.45, 7) is 1.47. The van der Waals surface area contributed by atoms with Gasteiger partial charge in [0.1, 0.15) is 16.9 Å². The molecule has 1 fully saturated rings. The molecule has 0 aromatic heterocycles. The van der Waals surface area contributed by atoms with Crippen molar-refractivity contribution < 1.29 is 14.3 Å². The molecule has 1 N–H and O–H groups in total. The Bertz CT molecular complexity index is 446. The molecule has 2 rings (SSSR count). The molecule has 0 spiro atoms. The fraction of sp³-hybridized carbons (Fsp3) is 0.385. The van der Waals surface area contributed by atoms with E-state index in [0.29, 0.717) is 18.5 Å². The summed E-state index contributed by atoms with van der Waals surface area (Å²) < 4.78 is 5.03. The predicted molar refractivity (Wildman–Crippen MR) is 64.0 cm³/mol. The first kappa shape index (κ1) is 11.6. The number of amides is 1. The summed E-state index contributed by atoms with van der Waals surface area (Å²) in [5.74, 6) is 0.481. The van der Waals surface area contributed by atoms with Gasteiger partial charge in [-0.25, -0.2) is 0 Å². The smallest absolute Gasteiger partial charge is 0.238 e. The second-order valence-electron chi connectivity index (χ2n) is 4.32. The molecule has 1 aromatic carbocycles. The van der Waals surface area contributed by atoms with Gasteiger partial charge in [0.05, 0.1) is 7.11 Å². The van der Waals surface area contributed by atoms with Crippen molar-refractivity contribution >= 4 is 17.4 Å². The van der Waals surface area contributed by atoms with Gasteiger partial charge in [-0.3, -0.25) is 9.59 Å². The lowest BCUT2D eigenvalue weighted by Crippen LogP contribution is -2.29. The molecule has 0 unspecified atom stereocenters. The average Bonchev–Trinajstić information content (AvgIpc) is 3.11. The number of anilines is 1. The van der Waals surface area contributed by atoms with Crippen molar-refractivity contribution in [1.82, 2.24) is 0 Å². The molecule has 1 aromatic rings. The van der Waals surface area contributed by atoms with Gasteiger partial charge in [0.15, 0.2) is 0 Å². The van der Waals surface area contributed by atoms with E-state index in [0.717, 1.165) is 5.75 Å². The highest BCUT2D eigenvalue weighted by Crippen LogP contribution is 2.47. The Morgan fingerprint density at radius 2 is 1.82 bits per heavy atom. The Hall–Kier alpha value is -1.84. The highest BCUT2D eigenvalue weighted by molar-refractivity contribution is 6.13. The number of hydrogen-bond donors (Lipinski definition) is 1. The zero-order valence-electron chi connectivity index (χ0n) is 9.95. The second kappa shape index (κ2) is 4.20. The average molecular weight is 233 g/mol. The van der Waals surface area contributed by atoms with Crippen molar-refractivity contribution in [2.24, 2.45) is 5.41 Å². The van der Waals surface area contributed by atoms with Crippen molar-refractivity contribution in [3.63, 3.8) is 0 Å². The quantitative estimate of drug-likeness (QED) is 0.809. The van der Waals surface area contributed by atoms with Gasteiger partial charge in [-0.15, -0.1) is 0 Å². The van der Waals surface area contributed by atoms with Gasteiger partial charge in [0.2, 0.25) is 5.91 Å². The van der Waals surface area contributed by atoms with E-state index < -0.39 is 5.41 Å². The number of Topliss-reactive ketones (excluding diaryl/α,β-unsaturated/α-hetero) is 1. The number of ketones is 1. The van der Waals surface area contributed by atoms with E-state index in [2.05, 4.69) is 5.32 Å². The maximum absolute atomic E-state index is 11.9. The van der Waals surface area contributed by atoms with Crippen LogP contribution in [0.15, 0.2) is 24.3 Å². The monoisotopic (exact) mass is 233 g/mol. The normalized spacial score (nSPS) is 16.1. The Balaban J connectivity index is 2.06. The number of hydrogen-bond acceptors (Lipinski definition) is 3.